The third-order valence-electron chi connectivity index (χ3n) is 2.24. The number of anilines is 1. The summed E-state index contributed by atoms with van der Waals surface area (Å²) in [7, 11) is 0. The average Bonchev–Trinajstić information content (AvgIpc) is 2.29. The van der Waals surface area contributed by atoms with Crippen LogP contribution in [0.3, 0.4) is 0 Å². The fourth-order valence-electron chi connectivity index (χ4n) is 1.42. The van der Waals surface area contributed by atoms with E-state index in [9.17, 15) is 0 Å². The normalized spacial score (nSPS) is 9.59. The molecule has 0 bridgehead atoms. The summed E-state index contributed by atoms with van der Waals surface area (Å²) in [6.07, 6.45) is 0. The van der Waals surface area contributed by atoms with Crippen LogP contribution in [0.1, 0.15) is 5.56 Å². The third-order valence-corrected chi connectivity index (χ3v) is 2.48. The summed E-state index contributed by atoms with van der Waals surface area (Å²) in [5, 5.41) is 8.72. The van der Waals surface area contributed by atoms with E-state index in [0.29, 0.717) is 10.8 Å². The monoisotopic (exact) mass is 270 g/mol. The summed E-state index contributed by atoms with van der Waals surface area (Å²) in [6, 6.07) is 9.39. The molecule has 1 heterocycles. The second-order valence-electron chi connectivity index (χ2n) is 3.42. The van der Waals surface area contributed by atoms with Crippen molar-refractivity contribution in [2.45, 2.75) is 6.92 Å². The Morgan fingerprint density at radius 3 is 2.59 bits per heavy atom. The van der Waals surface area contributed by atoms with E-state index in [0.717, 1.165) is 16.8 Å². The Balaban J connectivity index is 0.00000144. The highest BCUT2D eigenvalue weighted by Crippen LogP contribution is 2.22. The summed E-state index contributed by atoms with van der Waals surface area (Å²) in [4.78, 5) is 0. The van der Waals surface area contributed by atoms with Gasteiger partial charge in [0.05, 0.1) is 5.69 Å². The Bertz CT molecular complexity index is 517. The second-order valence-corrected chi connectivity index (χ2v) is 3.85. The number of halogens is 2. The summed E-state index contributed by atoms with van der Waals surface area (Å²) in [6.45, 7) is 1.91. The molecule has 1 aromatic heterocycles. The number of hydrogen-bond acceptors (Lipinski definition) is 4. The molecule has 4 nitrogen and oxygen atoms in total. The lowest BCUT2D eigenvalue weighted by atomic mass is 10.1. The Labute approximate surface area is 111 Å². The van der Waals surface area contributed by atoms with Crippen molar-refractivity contribution in [2.75, 3.05) is 5.43 Å². The first-order chi connectivity index (χ1) is 7.70. The molecule has 3 N–H and O–H groups in total. The van der Waals surface area contributed by atoms with Crippen molar-refractivity contribution in [2.24, 2.45) is 5.84 Å². The van der Waals surface area contributed by atoms with E-state index in [-0.39, 0.29) is 12.4 Å². The maximum absolute atomic E-state index is 5.91. The zero-order valence-electron chi connectivity index (χ0n) is 9.14. The van der Waals surface area contributed by atoms with Gasteiger partial charge in [-0.2, -0.15) is 0 Å². The van der Waals surface area contributed by atoms with Crippen molar-refractivity contribution < 1.29 is 0 Å². The predicted molar refractivity (Wildman–Crippen MR) is 72.3 cm³/mol. The van der Waals surface area contributed by atoms with E-state index in [4.69, 9.17) is 17.4 Å². The number of rotatable bonds is 2. The summed E-state index contributed by atoms with van der Waals surface area (Å²) < 4.78 is 0. The quantitative estimate of drug-likeness (QED) is 0.651. The van der Waals surface area contributed by atoms with Crippen LogP contribution in [0.25, 0.3) is 11.3 Å². The number of nitrogens with zero attached hydrogens (tertiary/aromatic N) is 2. The molecule has 0 fully saturated rings. The van der Waals surface area contributed by atoms with Crippen LogP contribution in [0.4, 0.5) is 5.82 Å². The highest BCUT2D eigenvalue weighted by molar-refractivity contribution is 6.30. The molecule has 17 heavy (non-hydrogen) atoms. The average molecular weight is 271 g/mol. The summed E-state index contributed by atoms with van der Waals surface area (Å²) >= 11 is 5.91. The number of hydrazine groups is 1. The Hall–Kier alpha value is -1.36. The second kappa shape index (κ2) is 5.82. The van der Waals surface area contributed by atoms with Crippen LogP contribution in [-0.4, -0.2) is 10.2 Å². The predicted octanol–water partition coefficient (Wildman–Crippen LogP) is 2.81. The van der Waals surface area contributed by atoms with Crippen molar-refractivity contribution in [3.8, 4) is 11.3 Å². The molecular formula is C11H12Cl2N4. The standard InChI is InChI=1S/C11H11ClN4.ClH/c1-7-5-10(15-16-11(7)14-13)8-3-2-4-9(12)6-8;/h2-6H,13H2,1H3,(H,14,16);1H. The molecule has 0 radical (unpaired) electrons. The van der Waals surface area contributed by atoms with Crippen LogP contribution < -0.4 is 11.3 Å². The van der Waals surface area contributed by atoms with Gasteiger partial charge in [0.2, 0.25) is 0 Å². The van der Waals surface area contributed by atoms with Crippen LogP contribution in [-0.2, 0) is 0 Å². The molecule has 2 rings (SSSR count). The van der Waals surface area contributed by atoms with Gasteiger partial charge in [0.25, 0.3) is 0 Å². The van der Waals surface area contributed by atoms with Gasteiger partial charge < -0.3 is 5.43 Å². The van der Waals surface area contributed by atoms with Crippen molar-refractivity contribution in [3.63, 3.8) is 0 Å². The molecule has 0 unspecified atom stereocenters. The fraction of sp³-hybridized carbons (Fsp3) is 0.0909. The van der Waals surface area contributed by atoms with Gasteiger partial charge in [-0.1, -0.05) is 23.7 Å². The molecule has 0 atom stereocenters. The maximum atomic E-state index is 5.91. The van der Waals surface area contributed by atoms with Gasteiger partial charge in [0, 0.05) is 10.6 Å². The van der Waals surface area contributed by atoms with Gasteiger partial charge >= 0.3 is 0 Å². The zero-order chi connectivity index (χ0) is 11.5. The van der Waals surface area contributed by atoms with E-state index in [1.165, 1.54) is 0 Å². The summed E-state index contributed by atoms with van der Waals surface area (Å²) in [5.41, 5.74) is 5.14. The molecule has 0 aliphatic carbocycles. The third kappa shape index (κ3) is 3.06. The SMILES string of the molecule is Cc1cc(-c2cccc(Cl)c2)nnc1NN.Cl. The first-order valence-corrected chi connectivity index (χ1v) is 5.15. The topological polar surface area (TPSA) is 63.8 Å². The molecule has 0 aliphatic rings. The molecule has 0 aliphatic heterocycles. The number of aryl methyl sites for hydroxylation is 1. The minimum absolute atomic E-state index is 0. The molecule has 0 saturated carbocycles. The first kappa shape index (κ1) is 13.7. The van der Waals surface area contributed by atoms with Crippen LogP contribution in [0, 0.1) is 6.92 Å². The molecule has 2 aromatic rings. The van der Waals surface area contributed by atoms with E-state index < -0.39 is 0 Å². The van der Waals surface area contributed by atoms with Crippen LogP contribution in [0.5, 0.6) is 0 Å². The number of nitrogen functional groups attached to an aromatic ring is 1. The Morgan fingerprint density at radius 1 is 1.24 bits per heavy atom. The summed E-state index contributed by atoms with van der Waals surface area (Å²) in [5.74, 6) is 5.86. The van der Waals surface area contributed by atoms with Gasteiger partial charge in [-0.15, -0.1) is 22.6 Å². The smallest absolute Gasteiger partial charge is 0.165 e. The van der Waals surface area contributed by atoms with E-state index >= 15 is 0 Å². The lowest BCUT2D eigenvalue weighted by Gasteiger charge is -2.05. The maximum Gasteiger partial charge on any atom is 0.165 e. The van der Waals surface area contributed by atoms with Gasteiger partial charge in [0.1, 0.15) is 0 Å². The van der Waals surface area contributed by atoms with Crippen molar-refractivity contribution in [3.05, 3.63) is 40.9 Å². The number of aromatic nitrogens is 2. The lowest BCUT2D eigenvalue weighted by molar-refractivity contribution is 1.01. The number of nitrogens with one attached hydrogen (secondary N) is 1. The Morgan fingerprint density at radius 2 is 2.00 bits per heavy atom. The van der Waals surface area contributed by atoms with Crippen molar-refractivity contribution in [1.29, 1.82) is 0 Å². The minimum atomic E-state index is 0. The van der Waals surface area contributed by atoms with Crippen LogP contribution in [0.15, 0.2) is 30.3 Å². The highest BCUT2D eigenvalue weighted by atomic mass is 35.5. The van der Waals surface area contributed by atoms with Gasteiger partial charge in [-0.25, -0.2) is 5.84 Å². The zero-order valence-corrected chi connectivity index (χ0v) is 10.7. The van der Waals surface area contributed by atoms with Crippen molar-refractivity contribution in [1.82, 2.24) is 10.2 Å². The lowest BCUT2D eigenvalue weighted by Crippen LogP contribution is -2.11. The van der Waals surface area contributed by atoms with E-state index in [2.05, 4.69) is 15.6 Å². The van der Waals surface area contributed by atoms with Crippen molar-refractivity contribution >= 4 is 29.8 Å². The van der Waals surface area contributed by atoms with Crippen LogP contribution >= 0.6 is 24.0 Å². The molecule has 0 amide bonds. The number of nitrogens with two attached hydrogens (primary N) is 1. The number of hydrogen-bond donors (Lipinski definition) is 2. The molecule has 6 heteroatoms. The fourth-order valence-corrected chi connectivity index (χ4v) is 1.61. The first-order valence-electron chi connectivity index (χ1n) is 4.77. The van der Waals surface area contributed by atoms with Gasteiger partial charge in [-0.05, 0) is 30.7 Å². The molecule has 1 aromatic carbocycles. The van der Waals surface area contributed by atoms with E-state index in [1.807, 2.05) is 37.3 Å². The Kier molecular flexibility index (Phi) is 4.69. The molecular weight excluding hydrogens is 259 g/mol. The minimum Gasteiger partial charge on any atom is -0.307 e. The van der Waals surface area contributed by atoms with Crippen LogP contribution in [0.2, 0.25) is 5.02 Å². The molecule has 0 saturated heterocycles. The molecule has 0 spiro atoms. The molecule has 90 valence electrons. The van der Waals surface area contributed by atoms with Gasteiger partial charge in [0.15, 0.2) is 5.82 Å². The van der Waals surface area contributed by atoms with Gasteiger partial charge in [-0.3, -0.25) is 0 Å². The number of benzene rings is 1. The van der Waals surface area contributed by atoms with E-state index in [1.54, 1.807) is 0 Å². The largest absolute Gasteiger partial charge is 0.307 e. The highest BCUT2D eigenvalue weighted by Gasteiger charge is 2.04.